The molecule has 1 atom stereocenters. The summed E-state index contributed by atoms with van der Waals surface area (Å²) in [6.45, 7) is 8.72. The third-order valence-corrected chi connectivity index (χ3v) is 4.32. The van der Waals surface area contributed by atoms with E-state index in [1.165, 1.54) is 12.8 Å². The van der Waals surface area contributed by atoms with Crippen molar-refractivity contribution in [1.82, 2.24) is 15.3 Å². The summed E-state index contributed by atoms with van der Waals surface area (Å²) in [5.41, 5.74) is 11.1. The van der Waals surface area contributed by atoms with Crippen molar-refractivity contribution in [3.05, 3.63) is 23.4 Å². The van der Waals surface area contributed by atoms with Crippen LogP contribution in [0.2, 0.25) is 0 Å². The van der Waals surface area contributed by atoms with Crippen LogP contribution in [0.15, 0.2) is 12.3 Å². The molecule has 1 unspecified atom stereocenters. The first kappa shape index (κ1) is 14.2. The summed E-state index contributed by atoms with van der Waals surface area (Å²) in [6.07, 6.45) is 4.25. The second-order valence-corrected chi connectivity index (χ2v) is 5.87. The van der Waals surface area contributed by atoms with Crippen LogP contribution in [-0.2, 0) is 0 Å². The van der Waals surface area contributed by atoms with Crippen molar-refractivity contribution >= 4 is 5.82 Å². The first-order valence-electron chi connectivity index (χ1n) is 6.90. The molecule has 0 aromatic carbocycles. The van der Waals surface area contributed by atoms with Gasteiger partial charge in [0.05, 0.1) is 6.04 Å². The first-order valence-corrected chi connectivity index (χ1v) is 6.90. The zero-order valence-electron chi connectivity index (χ0n) is 12.1. The molecule has 0 aliphatic carbocycles. The summed E-state index contributed by atoms with van der Waals surface area (Å²) in [5, 5.41) is 0. The van der Waals surface area contributed by atoms with Gasteiger partial charge in [0, 0.05) is 17.3 Å². The Balaban J connectivity index is 2.38. The van der Waals surface area contributed by atoms with Crippen molar-refractivity contribution in [3.8, 4) is 0 Å². The highest BCUT2D eigenvalue weighted by atomic mass is 15.3. The molecule has 2 heterocycles. The van der Waals surface area contributed by atoms with Crippen LogP contribution in [-0.4, -0.2) is 28.5 Å². The molecule has 0 amide bonds. The van der Waals surface area contributed by atoms with Crippen molar-refractivity contribution in [2.75, 3.05) is 18.8 Å². The topological polar surface area (TPSA) is 80.2 Å². The number of hydrazine groups is 1. The van der Waals surface area contributed by atoms with E-state index in [1.54, 1.807) is 6.20 Å². The summed E-state index contributed by atoms with van der Waals surface area (Å²) < 4.78 is 0. The van der Waals surface area contributed by atoms with Gasteiger partial charge in [-0.1, -0.05) is 0 Å². The second kappa shape index (κ2) is 5.45. The van der Waals surface area contributed by atoms with Gasteiger partial charge in [0.25, 0.3) is 0 Å². The zero-order valence-corrected chi connectivity index (χ0v) is 12.1. The monoisotopic (exact) mass is 263 g/mol. The van der Waals surface area contributed by atoms with Crippen molar-refractivity contribution in [2.24, 2.45) is 5.84 Å². The molecule has 1 saturated heterocycles. The van der Waals surface area contributed by atoms with Crippen molar-refractivity contribution in [1.29, 1.82) is 0 Å². The number of nitrogens with one attached hydrogen (secondary N) is 1. The zero-order chi connectivity index (χ0) is 14.0. The van der Waals surface area contributed by atoms with Gasteiger partial charge in [0.1, 0.15) is 5.82 Å². The van der Waals surface area contributed by atoms with Crippen molar-refractivity contribution in [2.45, 2.75) is 45.2 Å². The third kappa shape index (κ3) is 2.59. The van der Waals surface area contributed by atoms with E-state index in [0.717, 1.165) is 24.2 Å². The van der Waals surface area contributed by atoms with E-state index >= 15 is 0 Å². The lowest BCUT2D eigenvalue weighted by molar-refractivity contribution is 0.107. The maximum absolute atomic E-state index is 6.07. The van der Waals surface area contributed by atoms with Gasteiger partial charge in [0.15, 0.2) is 0 Å². The fraction of sp³-hybridized carbons (Fsp3) is 0.643. The summed E-state index contributed by atoms with van der Waals surface area (Å²) in [5.74, 6) is 6.40. The van der Waals surface area contributed by atoms with Gasteiger partial charge in [-0.2, -0.15) is 0 Å². The molecule has 0 saturated carbocycles. The molecule has 0 bridgehead atoms. The van der Waals surface area contributed by atoms with E-state index < -0.39 is 0 Å². The van der Waals surface area contributed by atoms with Crippen molar-refractivity contribution < 1.29 is 0 Å². The van der Waals surface area contributed by atoms with E-state index in [-0.39, 0.29) is 11.6 Å². The number of nitrogens with zero attached hydrogens (tertiary/aromatic N) is 2. The lowest BCUT2D eigenvalue weighted by Crippen LogP contribution is -2.53. The number of nitrogens with two attached hydrogens (primary N) is 2. The molecule has 2 rings (SSSR count). The third-order valence-electron chi connectivity index (χ3n) is 4.32. The number of likely N-dealkylation sites (tertiary alicyclic amines) is 1. The van der Waals surface area contributed by atoms with E-state index in [4.69, 9.17) is 11.6 Å². The van der Waals surface area contributed by atoms with E-state index in [1.807, 2.05) is 6.07 Å². The van der Waals surface area contributed by atoms with Gasteiger partial charge in [-0.15, -0.1) is 0 Å². The minimum atomic E-state index is -0.0901. The standard InChI is InChI=1S/C14H25N5/c1-10-6-7-17-13(15)11(10)12(18-16)14(2,3)19-8-4-5-9-19/h6-7,12,18H,4-5,8-9,16H2,1-3H3,(H2,15,17). The summed E-state index contributed by atoms with van der Waals surface area (Å²) in [4.78, 5) is 6.69. The molecular formula is C14H25N5. The molecule has 19 heavy (non-hydrogen) atoms. The molecule has 1 aliphatic heterocycles. The van der Waals surface area contributed by atoms with Gasteiger partial charge in [-0.05, 0) is 58.3 Å². The Morgan fingerprint density at radius 3 is 2.53 bits per heavy atom. The average molecular weight is 263 g/mol. The van der Waals surface area contributed by atoms with E-state index in [2.05, 4.69) is 36.1 Å². The molecule has 1 fully saturated rings. The Morgan fingerprint density at radius 2 is 2.00 bits per heavy atom. The number of hydrogen-bond acceptors (Lipinski definition) is 5. The van der Waals surface area contributed by atoms with Gasteiger partial charge in [0.2, 0.25) is 0 Å². The largest absolute Gasteiger partial charge is 0.383 e. The Kier molecular flexibility index (Phi) is 4.08. The van der Waals surface area contributed by atoms with Gasteiger partial charge < -0.3 is 5.73 Å². The number of nitrogen functional groups attached to an aromatic ring is 1. The van der Waals surface area contributed by atoms with Gasteiger partial charge >= 0.3 is 0 Å². The Morgan fingerprint density at radius 1 is 1.37 bits per heavy atom. The van der Waals surface area contributed by atoms with Crippen LogP contribution in [0.4, 0.5) is 5.82 Å². The number of aromatic nitrogens is 1. The van der Waals surface area contributed by atoms with E-state index in [0.29, 0.717) is 5.82 Å². The minimum absolute atomic E-state index is 0.0284. The maximum atomic E-state index is 6.07. The summed E-state index contributed by atoms with van der Waals surface area (Å²) >= 11 is 0. The number of rotatable bonds is 4. The Bertz CT molecular complexity index is 417. The predicted molar refractivity (Wildman–Crippen MR) is 78.3 cm³/mol. The second-order valence-electron chi connectivity index (χ2n) is 5.87. The highest BCUT2D eigenvalue weighted by Crippen LogP contribution is 2.36. The molecule has 0 spiro atoms. The Labute approximate surface area is 115 Å². The number of hydrogen-bond donors (Lipinski definition) is 3. The first-order chi connectivity index (χ1) is 8.98. The SMILES string of the molecule is Cc1ccnc(N)c1C(NN)C(C)(C)N1CCCC1. The fourth-order valence-electron chi connectivity index (χ4n) is 3.08. The number of pyridine rings is 1. The molecular weight excluding hydrogens is 238 g/mol. The van der Waals surface area contributed by atoms with Crippen LogP contribution in [0, 0.1) is 6.92 Å². The van der Waals surface area contributed by atoms with Crippen LogP contribution in [0.25, 0.3) is 0 Å². The molecule has 106 valence electrons. The molecule has 1 aliphatic rings. The molecule has 5 N–H and O–H groups in total. The quantitative estimate of drug-likeness (QED) is 0.564. The van der Waals surface area contributed by atoms with Crippen LogP contribution < -0.4 is 17.0 Å². The van der Waals surface area contributed by atoms with Crippen LogP contribution in [0.3, 0.4) is 0 Å². The fourth-order valence-corrected chi connectivity index (χ4v) is 3.08. The summed E-state index contributed by atoms with van der Waals surface area (Å²) in [7, 11) is 0. The highest BCUT2D eigenvalue weighted by Gasteiger charge is 2.38. The lowest BCUT2D eigenvalue weighted by atomic mass is 9.85. The van der Waals surface area contributed by atoms with E-state index in [9.17, 15) is 0 Å². The Hall–Kier alpha value is -1.17. The minimum Gasteiger partial charge on any atom is -0.383 e. The lowest BCUT2D eigenvalue weighted by Gasteiger charge is -2.42. The number of anilines is 1. The number of aryl methyl sites for hydroxylation is 1. The molecule has 0 radical (unpaired) electrons. The van der Waals surface area contributed by atoms with Crippen LogP contribution in [0.1, 0.15) is 43.9 Å². The maximum Gasteiger partial charge on any atom is 0.128 e. The summed E-state index contributed by atoms with van der Waals surface area (Å²) in [6, 6.07) is 1.95. The smallest absolute Gasteiger partial charge is 0.128 e. The molecule has 5 nitrogen and oxygen atoms in total. The normalized spacial score (nSPS) is 18.7. The van der Waals surface area contributed by atoms with Gasteiger partial charge in [-0.3, -0.25) is 16.2 Å². The van der Waals surface area contributed by atoms with Crippen LogP contribution >= 0.6 is 0 Å². The molecule has 1 aromatic heterocycles. The molecule has 1 aromatic rings. The van der Waals surface area contributed by atoms with Crippen molar-refractivity contribution in [3.63, 3.8) is 0 Å². The average Bonchev–Trinajstić information content (AvgIpc) is 2.88. The predicted octanol–water partition coefficient (Wildman–Crippen LogP) is 1.35. The van der Waals surface area contributed by atoms with Gasteiger partial charge in [-0.25, -0.2) is 4.98 Å². The van der Waals surface area contributed by atoms with Crippen LogP contribution in [0.5, 0.6) is 0 Å². The molecule has 5 heteroatoms. The highest BCUT2D eigenvalue weighted by molar-refractivity contribution is 5.47.